The zero-order chi connectivity index (χ0) is 14.7. The number of carboxylic acid groups (broad SMARTS) is 1. The van der Waals surface area contributed by atoms with E-state index < -0.39 is 12.1 Å². The third-order valence-electron chi connectivity index (χ3n) is 2.87. The molecule has 1 unspecified atom stereocenters. The Hall–Kier alpha value is -2.29. The number of carbonyl (C=O) groups is 1. The molecule has 0 bridgehead atoms. The summed E-state index contributed by atoms with van der Waals surface area (Å²) in [4.78, 5) is 23.1. The zero-order valence-corrected chi connectivity index (χ0v) is 11.2. The molecular formula is C11H15N5O4. The van der Waals surface area contributed by atoms with Gasteiger partial charge in [-0.2, -0.15) is 5.10 Å². The first-order valence-corrected chi connectivity index (χ1v) is 6.14. The molecular weight excluding hydrogens is 266 g/mol. The summed E-state index contributed by atoms with van der Waals surface area (Å²) in [6.07, 6.45) is 0.599. The number of rotatable bonds is 6. The highest BCUT2D eigenvalue weighted by atomic mass is 16.5. The van der Waals surface area contributed by atoms with Crippen LogP contribution in [-0.2, 0) is 23.1 Å². The van der Waals surface area contributed by atoms with E-state index in [4.69, 9.17) is 9.84 Å². The van der Waals surface area contributed by atoms with Gasteiger partial charge in [-0.05, 0) is 6.92 Å². The quantitative estimate of drug-likeness (QED) is 0.752. The lowest BCUT2D eigenvalue weighted by Gasteiger charge is -2.12. The van der Waals surface area contributed by atoms with Gasteiger partial charge in [0.2, 0.25) is 0 Å². The van der Waals surface area contributed by atoms with E-state index in [1.165, 1.54) is 10.9 Å². The average molecular weight is 281 g/mol. The first-order valence-electron chi connectivity index (χ1n) is 6.14. The predicted molar refractivity (Wildman–Crippen MR) is 68.2 cm³/mol. The highest BCUT2D eigenvalue weighted by Crippen LogP contribution is 2.04. The molecule has 2 aromatic heterocycles. The molecule has 2 aromatic rings. The Morgan fingerprint density at radius 2 is 2.30 bits per heavy atom. The van der Waals surface area contributed by atoms with E-state index in [2.05, 4.69) is 15.4 Å². The predicted octanol–water partition coefficient (Wildman–Crippen LogP) is -0.595. The lowest BCUT2D eigenvalue weighted by Crippen LogP contribution is -2.30. The number of fused-ring (bicyclic) bond motifs is 1. The monoisotopic (exact) mass is 281 g/mol. The summed E-state index contributed by atoms with van der Waals surface area (Å²) in [5.74, 6) is -1.06. The van der Waals surface area contributed by atoms with Crippen LogP contribution in [0.1, 0.15) is 13.3 Å². The fraction of sp³-hybridized carbons (Fsp3) is 0.545. The molecule has 108 valence electrons. The van der Waals surface area contributed by atoms with Crippen molar-refractivity contribution in [1.82, 2.24) is 24.8 Å². The van der Waals surface area contributed by atoms with Crippen molar-refractivity contribution in [1.29, 1.82) is 0 Å². The summed E-state index contributed by atoms with van der Waals surface area (Å²) in [6.45, 7) is 2.12. The first kappa shape index (κ1) is 14.1. The van der Waals surface area contributed by atoms with Crippen LogP contribution in [0, 0.1) is 0 Å². The van der Waals surface area contributed by atoms with Crippen LogP contribution >= 0.6 is 0 Å². The maximum absolute atomic E-state index is 12.1. The molecule has 2 heterocycles. The van der Waals surface area contributed by atoms with Gasteiger partial charge in [0.05, 0.1) is 6.20 Å². The van der Waals surface area contributed by atoms with Crippen LogP contribution in [0.2, 0.25) is 0 Å². The molecule has 0 saturated heterocycles. The molecule has 0 aliphatic carbocycles. The van der Waals surface area contributed by atoms with Crippen LogP contribution in [0.25, 0.3) is 11.0 Å². The van der Waals surface area contributed by atoms with Crippen molar-refractivity contribution < 1.29 is 14.6 Å². The van der Waals surface area contributed by atoms with E-state index in [1.807, 2.05) is 0 Å². The lowest BCUT2D eigenvalue weighted by molar-refractivity contribution is -0.150. The smallest absolute Gasteiger partial charge is 0.332 e. The number of aryl methyl sites for hydroxylation is 2. The van der Waals surface area contributed by atoms with E-state index in [1.54, 1.807) is 14.0 Å². The van der Waals surface area contributed by atoms with Gasteiger partial charge in [-0.1, -0.05) is 5.21 Å². The van der Waals surface area contributed by atoms with Gasteiger partial charge in [0.1, 0.15) is 5.39 Å². The Morgan fingerprint density at radius 3 is 2.95 bits per heavy atom. The average Bonchev–Trinajstić information content (AvgIpc) is 2.79. The Labute approximate surface area is 113 Å². The van der Waals surface area contributed by atoms with Crippen LogP contribution < -0.4 is 5.56 Å². The number of ether oxygens (including phenoxy) is 1. The van der Waals surface area contributed by atoms with Gasteiger partial charge in [-0.25, -0.2) is 14.2 Å². The molecule has 9 heteroatoms. The van der Waals surface area contributed by atoms with E-state index in [9.17, 15) is 9.59 Å². The number of carboxylic acids is 1. The molecule has 0 aromatic carbocycles. The van der Waals surface area contributed by atoms with E-state index in [0.29, 0.717) is 17.6 Å². The Kier molecular flexibility index (Phi) is 4.08. The van der Waals surface area contributed by atoms with Crippen LogP contribution in [0.5, 0.6) is 0 Å². The summed E-state index contributed by atoms with van der Waals surface area (Å²) in [6, 6.07) is 0. The fourth-order valence-electron chi connectivity index (χ4n) is 1.84. The molecule has 1 atom stereocenters. The number of hydrogen-bond acceptors (Lipinski definition) is 6. The van der Waals surface area contributed by atoms with Crippen molar-refractivity contribution in [3.8, 4) is 0 Å². The summed E-state index contributed by atoms with van der Waals surface area (Å²) >= 11 is 0. The molecule has 0 radical (unpaired) electrons. The molecule has 1 N–H and O–H groups in total. The molecule has 2 rings (SSSR count). The standard InChI is InChI=1S/C11H15N5O4/c1-3-20-8(11(18)19)4-5-16-10(17)7-6-12-15(2)9(7)13-14-16/h6,8H,3-5H2,1-2H3,(H,18,19). The highest BCUT2D eigenvalue weighted by Gasteiger charge is 2.18. The highest BCUT2D eigenvalue weighted by molar-refractivity contribution is 5.72. The molecule has 9 nitrogen and oxygen atoms in total. The van der Waals surface area contributed by atoms with E-state index >= 15 is 0 Å². The largest absolute Gasteiger partial charge is 0.479 e. The van der Waals surface area contributed by atoms with Gasteiger partial charge in [0, 0.05) is 26.6 Å². The Balaban J connectivity index is 2.20. The lowest BCUT2D eigenvalue weighted by atomic mass is 10.2. The van der Waals surface area contributed by atoms with Crippen molar-refractivity contribution in [2.24, 2.45) is 7.05 Å². The summed E-state index contributed by atoms with van der Waals surface area (Å²) in [5, 5.41) is 20.9. The van der Waals surface area contributed by atoms with Crippen LogP contribution in [0.15, 0.2) is 11.0 Å². The minimum atomic E-state index is -1.06. The Morgan fingerprint density at radius 1 is 1.55 bits per heavy atom. The van der Waals surface area contributed by atoms with Crippen molar-refractivity contribution in [2.45, 2.75) is 26.0 Å². The van der Waals surface area contributed by atoms with Gasteiger partial charge in [0.25, 0.3) is 5.56 Å². The van der Waals surface area contributed by atoms with Crippen molar-refractivity contribution >= 4 is 17.0 Å². The van der Waals surface area contributed by atoms with Crippen molar-refractivity contribution in [3.05, 3.63) is 16.6 Å². The summed E-state index contributed by atoms with van der Waals surface area (Å²) in [5.41, 5.74) is 0.0505. The minimum absolute atomic E-state index is 0.119. The molecule has 0 aliphatic rings. The first-order chi connectivity index (χ1) is 9.54. The van der Waals surface area contributed by atoms with Crippen LogP contribution in [-0.4, -0.2) is 48.6 Å². The van der Waals surface area contributed by atoms with Gasteiger partial charge in [-0.15, -0.1) is 5.10 Å². The molecule has 0 spiro atoms. The molecule has 0 aliphatic heterocycles. The second kappa shape index (κ2) is 5.78. The Bertz CT molecular complexity index is 677. The third kappa shape index (κ3) is 2.67. The van der Waals surface area contributed by atoms with Gasteiger partial charge >= 0.3 is 5.97 Å². The molecule has 20 heavy (non-hydrogen) atoms. The SMILES string of the molecule is CCOC(CCn1nnc2c(cnn2C)c1=O)C(=O)O. The van der Waals surface area contributed by atoms with E-state index in [0.717, 1.165) is 4.68 Å². The van der Waals surface area contributed by atoms with Crippen molar-refractivity contribution in [3.63, 3.8) is 0 Å². The molecule has 0 amide bonds. The van der Waals surface area contributed by atoms with Gasteiger partial charge in [-0.3, -0.25) is 4.79 Å². The second-order valence-electron chi connectivity index (χ2n) is 4.19. The maximum atomic E-state index is 12.1. The number of aromatic nitrogens is 5. The van der Waals surface area contributed by atoms with Gasteiger partial charge < -0.3 is 9.84 Å². The van der Waals surface area contributed by atoms with E-state index in [-0.39, 0.29) is 18.5 Å². The number of hydrogen-bond donors (Lipinski definition) is 1. The number of nitrogens with zero attached hydrogens (tertiary/aromatic N) is 5. The second-order valence-corrected chi connectivity index (χ2v) is 4.19. The normalized spacial score (nSPS) is 12.7. The zero-order valence-electron chi connectivity index (χ0n) is 11.2. The van der Waals surface area contributed by atoms with Crippen LogP contribution in [0.4, 0.5) is 0 Å². The third-order valence-corrected chi connectivity index (χ3v) is 2.87. The van der Waals surface area contributed by atoms with Crippen LogP contribution in [0.3, 0.4) is 0 Å². The minimum Gasteiger partial charge on any atom is -0.479 e. The van der Waals surface area contributed by atoms with Crippen molar-refractivity contribution in [2.75, 3.05) is 6.61 Å². The maximum Gasteiger partial charge on any atom is 0.332 e. The number of aliphatic carboxylic acids is 1. The van der Waals surface area contributed by atoms with Gasteiger partial charge in [0.15, 0.2) is 11.8 Å². The molecule has 0 fully saturated rings. The fourth-order valence-corrected chi connectivity index (χ4v) is 1.84. The summed E-state index contributed by atoms with van der Waals surface area (Å²) < 4.78 is 7.65. The topological polar surface area (TPSA) is 112 Å². The molecule has 0 saturated carbocycles. The summed E-state index contributed by atoms with van der Waals surface area (Å²) in [7, 11) is 1.66.